The molecule has 1 unspecified atom stereocenters. The molecule has 1 heterocycles. The number of nitrogens with zero attached hydrogens (tertiary/aromatic N) is 1. The summed E-state index contributed by atoms with van der Waals surface area (Å²) in [7, 11) is -0.808. The molecule has 1 aromatic carbocycles. The van der Waals surface area contributed by atoms with Crippen LogP contribution in [0.3, 0.4) is 0 Å². The third kappa shape index (κ3) is 3.00. The van der Waals surface area contributed by atoms with E-state index in [-0.39, 0.29) is 5.82 Å². The first-order chi connectivity index (χ1) is 8.49. The van der Waals surface area contributed by atoms with Gasteiger partial charge in [0.15, 0.2) is 4.77 Å². The summed E-state index contributed by atoms with van der Waals surface area (Å²) < 4.78 is 27.6. The van der Waals surface area contributed by atoms with Crippen molar-refractivity contribution in [1.82, 2.24) is 9.55 Å². The molecular weight excluding hydrogens is 386 g/mol. The SMILES string of the molecule is CS(=O)CCCn1c(=S)[nH]c2cc(I)c(F)cc21. The van der Waals surface area contributed by atoms with Gasteiger partial charge in [-0.2, -0.15) is 0 Å². The van der Waals surface area contributed by atoms with Crippen LogP contribution in [0.1, 0.15) is 6.42 Å². The molecule has 2 rings (SSSR count). The van der Waals surface area contributed by atoms with Gasteiger partial charge in [0.1, 0.15) is 5.82 Å². The minimum absolute atomic E-state index is 0.245. The summed E-state index contributed by atoms with van der Waals surface area (Å²) in [5.41, 5.74) is 1.60. The Morgan fingerprint density at radius 2 is 2.28 bits per heavy atom. The van der Waals surface area contributed by atoms with Gasteiger partial charge in [-0.05, 0) is 47.3 Å². The van der Waals surface area contributed by atoms with Crippen molar-refractivity contribution in [3.8, 4) is 0 Å². The monoisotopic (exact) mass is 398 g/mol. The largest absolute Gasteiger partial charge is 0.331 e. The van der Waals surface area contributed by atoms with Gasteiger partial charge in [0.05, 0.1) is 14.6 Å². The Labute approximate surface area is 125 Å². The maximum atomic E-state index is 13.6. The number of imidazole rings is 1. The highest BCUT2D eigenvalue weighted by molar-refractivity contribution is 14.1. The summed E-state index contributed by atoms with van der Waals surface area (Å²) in [5, 5.41) is 0. The smallest absolute Gasteiger partial charge is 0.178 e. The first kappa shape index (κ1) is 14.1. The standard InChI is InChI=1S/C11H12FIN2OS2/c1-18(16)4-2-3-15-10-5-7(12)8(13)6-9(10)14-11(15)17/h5-6H,2-4H2,1H3,(H,14,17). The number of aromatic nitrogens is 2. The fraction of sp³-hybridized carbons (Fsp3) is 0.364. The predicted molar refractivity (Wildman–Crippen MR) is 83.3 cm³/mol. The number of nitrogens with one attached hydrogen (secondary N) is 1. The molecule has 2 aromatic rings. The van der Waals surface area contributed by atoms with Gasteiger partial charge >= 0.3 is 0 Å². The second kappa shape index (κ2) is 5.79. The Kier molecular flexibility index (Phi) is 4.54. The number of hydrogen-bond donors (Lipinski definition) is 1. The van der Waals surface area contributed by atoms with Crippen LogP contribution in [0.4, 0.5) is 4.39 Å². The molecule has 1 N–H and O–H groups in total. The Balaban J connectivity index is 2.37. The van der Waals surface area contributed by atoms with Gasteiger partial charge in [-0.15, -0.1) is 0 Å². The summed E-state index contributed by atoms with van der Waals surface area (Å²) in [6.07, 6.45) is 2.44. The molecule has 0 bridgehead atoms. The molecule has 0 aliphatic rings. The number of benzene rings is 1. The van der Waals surface area contributed by atoms with Crippen molar-refractivity contribution in [2.45, 2.75) is 13.0 Å². The molecule has 1 aromatic heterocycles. The minimum atomic E-state index is -0.808. The second-order valence-corrected chi connectivity index (χ2v) is 7.10. The molecule has 0 radical (unpaired) electrons. The highest BCUT2D eigenvalue weighted by atomic mass is 127. The first-order valence-electron chi connectivity index (χ1n) is 5.36. The van der Waals surface area contributed by atoms with Crippen LogP contribution in [0.2, 0.25) is 0 Å². The molecule has 0 amide bonds. The summed E-state index contributed by atoms with van der Waals surface area (Å²) in [5.74, 6) is 0.381. The molecule has 18 heavy (non-hydrogen) atoms. The number of aromatic amines is 1. The Hall–Kier alpha value is -0.280. The van der Waals surface area contributed by atoms with Crippen LogP contribution in [0.5, 0.6) is 0 Å². The molecule has 7 heteroatoms. The highest BCUT2D eigenvalue weighted by Crippen LogP contribution is 2.20. The van der Waals surface area contributed by atoms with Crippen LogP contribution in [-0.4, -0.2) is 25.8 Å². The van der Waals surface area contributed by atoms with Crippen molar-refractivity contribution in [2.24, 2.45) is 0 Å². The first-order valence-corrected chi connectivity index (χ1v) is 8.58. The summed E-state index contributed by atoms with van der Waals surface area (Å²) in [6, 6.07) is 3.24. The molecule has 3 nitrogen and oxygen atoms in total. The van der Waals surface area contributed by atoms with Crippen molar-refractivity contribution >= 4 is 56.6 Å². The molecule has 0 aliphatic heterocycles. The third-order valence-electron chi connectivity index (χ3n) is 2.63. The average Bonchev–Trinajstić information content (AvgIpc) is 2.56. The molecule has 1 atom stereocenters. The molecule has 0 spiro atoms. The number of aryl methyl sites for hydroxylation is 1. The van der Waals surface area contributed by atoms with Crippen LogP contribution in [0.15, 0.2) is 12.1 Å². The zero-order chi connectivity index (χ0) is 13.3. The van der Waals surface area contributed by atoms with Crippen LogP contribution < -0.4 is 0 Å². The predicted octanol–water partition coefficient (Wildman–Crippen LogP) is 3.21. The van der Waals surface area contributed by atoms with Crippen molar-refractivity contribution in [1.29, 1.82) is 0 Å². The van der Waals surface area contributed by atoms with Gasteiger partial charge < -0.3 is 9.55 Å². The van der Waals surface area contributed by atoms with Crippen LogP contribution >= 0.6 is 34.8 Å². The topological polar surface area (TPSA) is 37.8 Å². The van der Waals surface area contributed by atoms with Crippen LogP contribution in [0.25, 0.3) is 11.0 Å². The summed E-state index contributed by atoms with van der Waals surface area (Å²) in [4.78, 5) is 3.06. The van der Waals surface area contributed by atoms with Gasteiger partial charge in [-0.25, -0.2) is 4.39 Å². The zero-order valence-electron chi connectivity index (χ0n) is 9.70. The summed E-state index contributed by atoms with van der Waals surface area (Å²) in [6.45, 7) is 0.651. The molecule has 0 saturated heterocycles. The van der Waals surface area contributed by atoms with Crippen LogP contribution in [0, 0.1) is 14.2 Å². The van der Waals surface area contributed by atoms with E-state index in [9.17, 15) is 8.60 Å². The highest BCUT2D eigenvalue weighted by Gasteiger charge is 2.08. The van der Waals surface area contributed by atoms with Crippen molar-refractivity contribution < 1.29 is 8.60 Å². The lowest BCUT2D eigenvalue weighted by Crippen LogP contribution is -2.03. The third-order valence-corrected chi connectivity index (χ3v) is 4.64. The summed E-state index contributed by atoms with van der Waals surface area (Å²) >= 11 is 7.18. The maximum Gasteiger partial charge on any atom is 0.178 e. The second-order valence-electron chi connectivity index (χ2n) is 4.00. The van der Waals surface area contributed by atoms with Gasteiger partial charge in [0.2, 0.25) is 0 Å². The van der Waals surface area contributed by atoms with E-state index >= 15 is 0 Å². The van der Waals surface area contributed by atoms with E-state index in [4.69, 9.17) is 12.2 Å². The van der Waals surface area contributed by atoms with Crippen molar-refractivity contribution in [2.75, 3.05) is 12.0 Å². The van der Waals surface area contributed by atoms with E-state index < -0.39 is 10.8 Å². The number of fused-ring (bicyclic) bond motifs is 1. The molecule has 0 saturated carbocycles. The lowest BCUT2D eigenvalue weighted by Gasteiger charge is -2.04. The fourth-order valence-corrected chi connectivity index (χ4v) is 3.10. The van der Waals surface area contributed by atoms with E-state index in [1.807, 2.05) is 27.2 Å². The Morgan fingerprint density at radius 3 is 2.94 bits per heavy atom. The Morgan fingerprint density at radius 1 is 1.56 bits per heavy atom. The van der Waals surface area contributed by atoms with E-state index in [1.165, 1.54) is 6.07 Å². The Bertz CT molecular complexity index is 665. The van der Waals surface area contributed by atoms with E-state index in [2.05, 4.69) is 4.98 Å². The van der Waals surface area contributed by atoms with Gasteiger partial charge in [-0.3, -0.25) is 4.21 Å². The molecule has 98 valence electrons. The average molecular weight is 398 g/mol. The van der Waals surface area contributed by atoms with Crippen molar-refractivity contribution in [3.63, 3.8) is 0 Å². The minimum Gasteiger partial charge on any atom is -0.331 e. The van der Waals surface area contributed by atoms with Crippen molar-refractivity contribution in [3.05, 3.63) is 26.3 Å². The van der Waals surface area contributed by atoms with Gasteiger partial charge in [0.25, 0.3) is 0 Å². The van der Waals surface area contributed by atoms with E-state index in [0.29, 0.717) is 20.6 Å². The number of H-pyrrole nitrogens is 1. The van der Waals surface area contributed by atoms with E-state index in [0.717, 1.165) is 17.5 Å². The quantitative estimate of drug-likeness (QED) is 0.635. The number of rotatable bonds is 4. The lowest BCUT2D eigenvalue weighted by atomic mass is 10.3. The number of halogens is 2. The van der Waals surface area contributed by atoms with E-state index in [1.54, 1.807) is 12.3 Å². The molecule has 0 aliphatic carbocycles. The molecule has 0 fully saturated rings. The number of hydrogen-bond acceptors (Lipinski definition) is 2. The maximum absolute atomic E-state index is 13.6. The van der Waals surface area contributed by atoms with Gasteiger partial charge in [-0.1, -0.05) is 0 Å². The van der Waals surface area contributed by atoms with Crippen LogP contribution in [-0.2, 0) is 17.3 Å². The molecular formula is C11H12FIN2OS2. The van der Waals surface area contributed by atoms with Gasteiger partial charge in [0, 0.05) is 35.4 Å². The fourth-order valence-electron chi connectivity index (χ4n) is 1.80. The normalized spacial score (nSPS) is 13.1. The lowest BCUT2D eigenvalue weighted by molar-refractivity contribution is 0.619. The zero-order valence-corrected chi connectivity index (χ0v) is 13.5.